The minimum absolute atomic E-state index is 0.162. The fourth-order valence-electron chi connectivity index (χ4n) is 1.25. The van der Waals surface area contributed by atoms with E-state index < -0.39 is 17.6 Å². The van der Waals surface area contributed by atoms with E-state index in [1.165, 1.54) is 0 Å². The third-order valence-electron chi connectivity index (χ3n) is 2.00. The van der Waals surface area contributed by atoms with Crippen molar-refractivity contribution < 1.29 is 15.0 Å². The van der Waals surface area contributed by atoms with Gasteiger partial charge in [0.2, 0.25) is 0 Å². The van der Waals surface area contributed by atoms with Crippen molar-refractivity contribution in [2.75, 3.05) is 11.5 Å². The third-order valence-corrected chi connectivity index (χ3v) is 3.23. The molecule has 0 saturated carbocycles. The van der Waals surface area contributed by atoms with E-state index in [9.17, 15) is 9.90 Å². The fraction of sp³-hybridized carbons (Fsp3) is 0.857. The Morgan fingerprint density at radius 3 is 2.83 bits per heavy atom. The number of thioether (sulfide) groups is 1. The Bertz CT molecular complexity index is 179. The zero-order valence-corrected chi connectivity index (χ0v) is 7.51. The fourth-order valence-corrected chi connectivity index (χ4v) is 2.56. The molecular weight excluding hydrogens is 178 g/mol. The maximum Gasteiger partial charge on any atom is 0.320 e. The molecule has 1 heterocycles. The number of carboxylic acids is 1. The van der Waals surface area contributed by atoms with Gasteiger partial charge in [0.05, 0.1) is 5.60 Å². The summed E-state index contributed by atoms with van der Waals surface area (Å²) in [5.74, 6) is 0.455. The third kappa shape index (κ3) is 2.36. The summed E-state index contributed by atoms with van der Waals surface area (Å²) in [6.07, 6.45) is 0.813. The van der Waals surface area contributed by atoms with Gasteiger partial charge in [0, 0.05) is 12.2 Å². The smallest absolute Gasteiger partial charge is 0.320 e. The predicted molar refractivity (Wildman–Crippen MR) is 47.1 cm³/mol. The first-order chi connectivity index (χ1) is 5.53. The van der Waals surface area contributed by atoms with Gasteiger partial charge in [-0.3, -0.25) is 4.79 Å². The molecule has 2 atom stereocenters. The molecule has 0 amide bonds. The highest BCUT2D eigenvalue weighted by atomic mass is 32.2. The van der Waals surface area contributed by atoms with E-state index in [4.69, 9.17) is 10.8 Å². The number of hydrogen-bond donors (Lipinski definition) is 3. The van der Waals surface area contributed by atoms with Crippen molar-refractivity contribution in [2.45, 2.75) is 24.5 Å². The van der Waals surface area contributed by atoms with Gasteiger partial charge in [-0.1, -0.05) is 0 Å². The Balaban J connectivity index is 2.43. The lowest BCUT2D eigenvalue weighted by atomic mass is 9.95. The SMILES string of the molecule is N[C@@H](CC1(O)CCSC1)C(=O)O. The molecule has 4 N–H and O–H groups in total. The molecule has 12 heavy (non-hydrogen) atoms. The van der Waals surface area contributed by atoms with Gasteiger partial charge in [-0.15, -0.1) is 0 Å². The Labute approximate surface area is 75.1 Å². The molecule has 1 aliphatic heterocycles. The number of aliphatic carboxylic acids is 1. The van der Waals surface area contributed by atoms with Crippen LogP contribution in [-0.2, 0) is 4.79 Å². The van der Waals surface area contributed by atoms with Crippen LogP contribution in [0.5, 0.6) is 0 Å². The van der Waals surface area contributed by atoms with E-state index in [-0.39, 0.29) is 6.42 Å². The summed E-state index contributed by atoms with van der Waals surface area (Å²) in [5, 5.41) is 18.3. The van der Waals surface area contributed by atoms with Crippen molar-refractivity contribution in [3.63, 3.8) is 0 Å². The van der Waals surface area contributed by atoms with Crippen molar-refractivity contribution >= 4 is 17.7 Å². The first kappa shape index (κ1) is 9.83. The van der Waals surface area contributed by atoms with Gasteiger partial charge in [0.1, 0.15) is 6.04 Å². The van der Waals surface area contributed by atoms with Crippen LogP contribution in [0.2, 0.25) is 0 Å². The Morgan fingerprint density at radius 1 is 1.75 bits per heavy atom. The maximum atomic E-state index is 10.4. The number of nitrogens with two attached hydrogens (primary N) is 1. The molecule has 0 aromatic carbocycles. The van der Waals surface area contributed by atoms with Gasteiger partial charge in [-0.2, -0.15) is 11.8 Å². The second-order valence-corrected chi connectivity index (χ2v) is 4.28. The van der Waals surface area contributed by atoms with Crippen LogP contribution in [0, 0.1) is 0 Å². The van der Waals surface area contributed by atoms with Crippen molar-refractivity contribution in [1.29, 1.82) is 0 Å². The van der Waals surface area contributed by atoms with Gasteiger partial charge in [-0.05, 0) is 12.2 Å². The molecule has 0 bridgehead atoms. The number of aliphatic hydroxyl groups is 1. The van der Waals surface area contributed by atoms with E-state index in [1.807, 2.05) is 0 Å². The minimum atomic E-state index is -1.04. The van der Waals surface area contributed by atoms with Gasteiger partial charge in [-0.25, -0.2) is 0 Å². The summed E-state index contributed by atoms with van der Waals surface area (Å²) in [6, 6.07) is -0.936. The first-order valence-corrected chi connectivity index (χ1v) is 4.97. The predicted octanol–water partition coefficient (Wildman–Crippen LogP) is -0.344. The van der Waals surface area contributed by atoms with Crippen LogP contribution in [0.15, 0.2) is 0 Å². The molecule has 1 unspecified atom stereocenters. The average Bonchev–Trinajstić information content (AvgIpc) is 2.35. The second-order valence-electron chi connectivity index (χ2n) is 3.18. The largest absolute Gasteiger partial charge is 0.480 e. The summed E-state index contributed by atoms with van der Waals surface area (Å²) in [7, 11) is 0. The van der Waals surface area contributed by atoms with Crippen LogP contribution in [0.3, 0.4) is 0 Å². The molecule has 1 fully saturated rings. The highest BCUT2D eigenvalue weighted by molar-refractivity contribution is 7.99. The molecule has 0 aromatic heterocycles. The van der Waals surface area contributed by atoms with E-state index in [1.54, 1.807) is 11.8 Å². The Hall–Kier alpha value is -0.260. The molecule has 0 spiro atoms. The van der Waals surface area contributed by atoms with Crippen LogP contribution in [0.1, 0.15) is 12.8 Å². The summed E-state index contributed by atoms with van der Waals surface area (Å²) in [5.41, 5.74) is 4.47. The standard InChI is InChI=1S/C7H13NO3S/c8-5(6(9)10)3-7(11)1-2-12-4-7/h5,11H,1-4,8H2,(H,9,10)/t5-,7?/m0/s1. The van der Waals surface area contributed by atoms with Crippen molar-refractivity contribution in [2.24, 2.45) is 5.73 Å². The summed E-state index contributed by atoms with van der Waals surface area (Å²) in [4.78, 5) is 10.4. The van der Waals surface area contributed by atoms with E-state index in [2.05, 4.69) is 0 Å². The molecule has 1 saturated heterocycles. The molecule has 5 heteroatoms. The summed E-state index contributed by atoms with van der Waals surface area (Å²) >= 11 is 1.64. The lowest BCUT2D eigenvalue weighted by Crippen LogP contribution is -2.41. The van der Waals surface area contributed by atoms with Gasteiger partial charge in [0.25, 0.3) is 0 Å². The molecule has 0 radical (unpaired) electrons. The molecular formula is C7H13NO3S. The van der Waals surface area contributed by atoms with Gasteiger partial charge in [0.15, 0.2) is 0 Å². The highest BCUT2D eigenvalue weighted by Crippen LogP contribution is 2.31. The maximum absolute atomic E-state index is 10.4. The summed E-state index contributed by atoms with van der Waals surface area (Å²) < 4.78 is 0. The van der Waals surface area contributed by atoms with Crippen LogP contribution in [0.4, 0.5) is 0 Å². The quantitative estimate of drug-likeness (QED) is 0.568. The zero-order chi connectivity index (χ0) is 9.19. The molecule has 0 aliphatic carbocycles. The molecule has 1 rings (SSSR count). The number of rotatable bonds is 3. The lowest BCUT2D eigenvalue weighted by Gasteiger charge is -2.22. The van der Waals surface area contributed by atoms with Crippen LogP contribution in [0.25, 0.3) is 0 Å². The van der Waals surface area contributed by atoms with E-state index >= 15 is 0 Å². The van der Waals surface area contributed by atoms with Gasteiger partial charge < -0.3 is 15.9 Å². The number of carbonyl (C=O) groups is 1. The van der Waals surface area contributed by atoms with Crippen molar-refractivity contribution in [1.82, 2.24) is 0 Å². The Kier molecular flexibility index (Phi) is 2.98. The topological polar surface area (TPSA) is 83.5 Å². The van der Waals surface area contributed by atoms with E-state index in [0.29, 0.717) is 12.2 Å². The molecule has 4 nitrogen and oxygen atoms in total. The Morgan fingerprint density at radius 2 is 2.42 bits per heavy atom. The average molecular weight is 191 g/mol. The first-order valence-electron chi connectivity index (χ1n) is 3.82. The number of carboxylic acid groups (broad SMARTS) is 1. The van der Waals surface area contributed by atoms with Crippen LogP contribution >= 0.6 is 11.8 Å². The highest BCUT2D eigenvalue weighted by Gasteiger charge is 2.35. The van der Waals surface area contributed by atoms with Crippen LogP contribution < -0.4 is 5.73 Å². The van der Waals surface area contributed by atoms with E-state index in [0.717, 1.165) is 5.75 Å². The van der Waals surface area contributed by atoms with Crippen molar-refractivity contribution in [3.8, 4) is 0 Å². The van der Waals surface area contributed by atoms with Crippen molar-refractivity contribution in [3.05, 3.63) is 0 Å². The van der Waals surface area contributed by atoms with Crippen LogP contribution in [-0.4, -0.2) is 39.3 Å². The number of hydrogen-bond acceptors (Lipinski definition) is 4. The van der Waals surface area contributed by atoms with Gasteiger partial charge >= 0.3 is 5.97 Å². The monoisotopic (exact) mass is 191 g/mol. The molecule has 0 aromatic rings. The normalized spacial score (nSPS) is 31.8. The zero-order valence-electron chi connectivity index (χ0n) is 6.69. The molecule has 70 valence electrons. The molecule has 1 aliphatic rings. The second kappa shape index (κ2) is 3.64. The lowest BCUT2D eigenvalue weighted by molar-refractivity contribution is -0.140. The summed E-state index contributed by atoms with van der Waals surface area (Å²) in [6.45, 7) is 0. The minimum Gasteiger partial charge on any atom is -0.480 e.